The lowest BCUT2D eigenvalue weighted by Gasteiger charge is -1.99. The molecule has 0 saturated carbocycles. The van der Waals surface area contributed by atoms with Gasteiger partial charge in [-0.1, -0.05) is 18.2 Å². The monoisotopic (exact) mass is 235 g/mol. The summed E-state index contributed by atoms with van der Waals surface area (Å²) in [5.41, 5.74) is 1.83. The van der Waals surface area contributed by atoms with Crippen LogP contribution in [0.5, 0.6) is 5.75 Å². The van der Waals surface area contributed by atoms with Crippen molar-refractivity contribution in [1.82, 2.24) is 0 Å². The van der Waals surface area contributed by atoms with Gasteiger partial charge in [-0.3, -0.25) is 0 Å². The average Bonchev–Trinajstić information content (AvgIpc) is 2.83. The highest BCUT2D eigenvalue weighted by Gasteiger charge is 2.08. The maximum atomic E-state index is 9.47. The van der Waals surface area contributed by atoms with Crippen molar-refractivity contribution in [2.45, 2.75) is 0 Å². The summed E-state index contributed by atoms with van der Waals surface area (Å²) in [4.78, 5) is 0. The van der Waals surface area contributed by atoms with Gasteiger partial charge in [0.1, 0.15) is 23.2 Å². The highest BCUT2D eigenvalue weighted by atomic mass is 16.3. The van der Waals surface area contributed by atoms with Gasteiger partial charge in [-0.2, -0.15) is 5.26 Å². The van der Waals surface area contributed by atoms with E-state index in [-0.39, 0.29) is 11.3 Å². The molecule has 3 heteroatoms. The SMILES string of the molecule is N#Cc1cc(-c2cc3ccccc3o2)ccc1O. The summed E-state index contributed by atoms with van der Waals surface area (Å²) >= 11 is 0. The van der Waals surface area contributed by atoms with Gasteiger partial charge in [0, 0.05) is 10.9 Å². The third-order valence-corrected chi connectivity index (χ3v) is 2.83. The van der Waals surface area contributed by atoms with Gasteiger partial charge in [-0.25, -0.2) is 0 Å². The van der Waals surface area contributed by atoms with Crippen LogP contribution in [0.15, 0.2) is 52.9 Å². The number of hydrogen-bond donors (Lipinski definition) is 1. The molecular weight excluding hydrogens is 226 g/mol. The van der Waals surface area contributed by atoms with Crippen molar-refractivity contribution < 1.29 is 9.52 Å². The predicted octanol–water partition coefficient (Wildman–Crippen LogP) is 3.68. The van der Waals surface area contributed by atoms with Crippen molar-refractivity contribution >= 4 is 11.0 Å². The van der Waals surface area contributed by atoms with Crippen LogP contribution in [0.3, 0.4) is 0 Å². The highest BCUT2D eigenvalue weighted by molar-refractivity contribution is 5.83. The third kappa shape index (κ3) is 1.61. The second-order valence-electron chi connectivity index (χ2n) is 3.99. The molecule has 0 fully saturated rings. The van der Waals surface area contributed by atoms with Gasteiger partial charge in [0.05, 0.1) is 5.56 Å². The largest absolute Gasteiger partial charge is 0.507 e. The summed E-state index contributed by atoms with van der Waals surface area (Å²) in [5, 5.41) is 19.4. The van der Waals surface area contributed by atoms with E-state index in [4.69, 9.17) is 9.68 Å². The normalized spacial score (nSPS) is 10.4. The maximum absolute atomic E-state index is 9.47. The van der Waals surface area contributed by atoms with Gasteiger partial charge in [0.2, 0.25) is 0 Å². The van der Waals surface area contributed by atoms with E-state index in [1.54, 1.807) is 12.1 Å². The first-order valence-corrected chi connectivity index (χ1v) is 5.50. The fourth-order valence-corrected chi connectivity index (χ4v) is 1.90. The Morgan fingerprint density at radius 1 is 1.06 bits per heavy atom. The van der Waals surface area contributed by atoms with E-state index in [2.05, 4.69) is 0 Å². The van der Waals surface area contributed by atoms with Crippen LogP contribution in [0, 0.1) is 11.3 Å². The summed E-state index contributed by atoms with van der Waals surface area (Å²) in [6.07, 6.45) is 0. The van der Waals surface area contributed by atoms with Crippen molar-refractivity contribution in [2.75, 3.05) is 0 Å². The van der Waals surface area contributed by atoms with Crippen molar-refractivity contribution in [2.24, 2.45) is 0 Å². The number of phenols is 1. The van der Waals surface area contributed by atoms with Gasteiger partial charge in [0.15, 0.2) is 0 Å². The van der Waals surface area contributed by atoms with Crippen LogP contribution >= 0.6 is 0 Å². The summed E-state index contributed by atoms with van der Waals surface area (Å²) in [5.74, 6) is 0.671. The molecule has 1 N–H and O–H groups in total. The number of nitrogens with zero attached hydrogens (tertiary/aromatic N) is 1. The van der Waals surface area contributed by atoms with E-state index in [0.717, 1.165) is 16.5 Å². The molecular formula is C15H9NO2. The van der Waals surface area contributed by atoms with Crippen LogP contribution in [-0.4, -0.2) is 5.11 Å². The number of phenolic OH excluding ortho intramolecular Hbond substituents is 1. The zero-order valence-electron chi connectivity index (χ0n) is 9.42. The second kappa shape index (κ2) is 3.94. The molecule has 0 spiro atoms. The molecule has 0 amide bonds. The first kappa shape index (κ1) is 10.4. The Balaban J connectivity index is 2.17. The zero-order chi connectivity index (χ0) is 12.5. The number of para-hydroxylation sites is 1. The summed E-state index contributed by atoms with van der Waals surface area (Å²) in [7, 11) is 0. The Morgan fingerprint density at radius 2 is 1.89 bits per heavy atom. The number of nitriles is 1. The Morgan fingerprint density at radius 3 is 2.67 bits per heavy atom. The summed E-state index contributed by atoms with van der Waals surface area (Å²) < 4.78 is 5.70. The first-order chi connectivity index (χ1) is 8.78. The molecule has 0 bridgehead atoms. The third-order valence-electron chi connectivity index (χ3n) is 2.83. The minimum atomic E-state index is -0.0163. The standard InChI is InChI=1S/C15H9NO2/c16-9-12-7-11(5-6-13(12)17)15-8-10-3-1-2-4-14(10)18-15/h1-8,17H. The summed E-state index contributed by atoms with van der Waals surface area (Å²) in [6.45, 7) is 0. The molecule has 86 valence electrons. The minimum Gasteiger partial charge on any atom is -0.507 e. The lowest BCUT2D eigenvalue weighted by molar-refractivity contribution is 0.473. The van der Waals surface area contributed by atoms with E-state index in [1.165, 1.54) is 6.07 Å². The Bertz CT molecular complexity index is 733. The number of hydrogen-bond acceptors (Lipinski definition) is 3. The van der Waals surface area contributed by atoms with Crippen LogP contribution in [0.2, 0.25) is 0 Å². The average molecular weight is 235 g/mol. The number of furan rings is 1. The van der Waals surface area contributed by atoms with Crippen molar-refractivity contribution in [3.63, 3.8) is 0 Å². The highest BCUT2D eigenvalue weighted by Crippen LogP contribution is 2.30. The molecule has 0 saturated heterocycles. The number of rotatable bonds is 1. The van der Waals surface area contributed by atoms with Gasteiger partial charge >= 0.3 is 0 Å². The van der Waals surface area contributed by atoms with Crippen molar-refractivity contribution in [3.05, 3.63) is 54.1 Å². The quantitative estimate of drug-likeness (QED) is 0.700. The Kier molecular flexibility index (Phi) is 2.28. The van der Waals surface area contributed by atoms with E-state index in [9.17, 15) is 5.11 Å². The second-order valence-corrected chi connectivity index (χ2v) is 3.99. The molecule has 3 aromatic rings. The van der Waals surface area contributed by atoms with Gasteiger partial charge < -0.3 is 9.52 Å². The van der Waals surface area contributed by atoms with Crippen LogP contribution in [0.25, 0.3) is 22.3 Å². The molecule has 0 aliphatic carbocycles. The van der Waals surface area contributed by atoms with Crippen LogP contribution in [0.4, 0.5) is 0 Å². The fourth-order valence-electron chi connectivity index (χ4n) is 1.90. The van der Waals surface area contributed by atoms with Gasteiger partial charge in [-0.05, 0) is 30.3 Å². The smallest absolute Gasteiger partial charge is 0.135 e. The predicted molar refractivity (Wildman–Crippen MR) is 68.0 cm³/mol. The molecule has 3 nitrogen and oxygen atoms in total. The molecule has 0 radical (unpaired) electrons. The first-order valence-electron chi connectivity index (χ1n) is 5.50. The molecule has 1 aromatic heterocycles. The van der Waals surface area contributed by atoms with Crippen molar-refractivity contribution in [3.8, 4) is 23.1 Å². The van der Waals surface area contributed by atoms with E-state index in [0.29, 0.717) is 5.76 Å². The molecule has 18 heavy (non-hydrogen) atoms. The number of fused-ring (bicyclic) bond motifs is 1. The van der Waals surface area contributed by atoms with E-state index in [1.807, 2.05) is 36.4 Å². The molecule has 1 heterocycles. The molecule has 0 atom stereocenters. The molecule has 2 aromatic carbocycles. The van der Waals surface area contributed by atoms with Crippen LogP contribution < -0.4 is 0 Å². The molecule has 3 rings (SSSR count). The van der Waals surface area contributed by atoms with E-state index < -0.39 is 0 Å². The zero-order valence-corrected chi connectivity index (χ0v) is 9.42. The van der Waals surface area contributed by atoms with Crippen molar-refractivity contribution in [1.29, 1.82) is 5.26 Å². The number of aromatic hydroxyl groups is 1. The molecule has 0 aliphatic rings. The topological polar surface area (TPSA) is 57.2 Å². The number of benzene rings is 2. The lowest BCUT2D eigenvalue weighted by atomic mass is 10.1. The molecule has 0 unspecified atom stereocenters. The maximum Gasteiger partial charge on any atom is 0.135 e. The Hall–Kier alpha value is -2.73. The fraction of sp³-hybridized carbons (Fsp3) is 0. The Labute approximate surface area is 104 Å². The van der Waals surface area contributed by atoms with Crippen LogP contribution in [-0.2, 0) is 0 Å². The van der Waals surface area contributed by atoms with Gasteiger partial charge in [-0.15, -0.1) is 0 Å². The summed E-state index contributed by atoms with van der Waals surface area (Å²) in [6, 6.07) is 16.4. The lowest BCUT2D eigenvalue weighted by Crippen LogP contribution is -1.79. The van der Waals surface area contributed by atoms with Gasteiger partial charge in [0.25, 0.3) is 0 Å². The van der Waals surface area contributed by atoms with Crippen LogP contribution in [0.1, 0.15) is 5.56 Å². The van der Waals surface area contributed by atoms with E-state index >= 15 is 0 Å². The molecule has 0 aliphatic heterocycles. The minimum absolute atomic E-state index is 0.0163.